The van der Waals surface area contributed by atoms with E-state index in [0.29, 0.717) is 25.0 Å². The molecule has 2 aliphatic heterocycles. The van der Waals surface area contributed by atoms with Gasteiger partial charge in [0.25, 0.3) is 0 Å². The molecule has 2 aliphatic rings. The van der Waals surface area contributed by atoms with Crippen LogP contribution in [0, 0.1) is 0 Å². The van der Waals surface area contributed by atoms with Gasteiger partial charge in [0, 0.05) is 11.9 Å². The fraction of sp³-hybridized carbons (Fsp3) is 0.448. The van der Waals surface area contributed by atoms with Crippen molar-refractivity contribution in [3.05, 3.63) is 60.1 Å². The number of carbonyl (C=O) groups is 2. The molecule has 2 aromatic heterocycles. The fourth-order valence-corrected chi connectivity index (χ4v) is 5.17. The van der Waals surface area contributed by atoms with Crippen LogP contribution >= 0.6 is 0 Å². The number of nitrogens with zero attached hydrogens (tertiary/aromatic N) is 5. The minimum absolute atomic E-state index is 0.272. The highest BCUT2D eigenvalue weighted by molar-refractivity contribution is 5.76. The first-order valence-corrected chi connectivity index (χ1v) is 13.7. The third kappa shape index (κ3) is 6.90. The van der Waals surface area contributed by atoms with Crippen LogP contribution in [0.4, 0.5) is 16.4 Å². The van der Waals surface area contributed by atoms with Crippen molar-refractivity contribution in [2.24, 2.45) is 5.73 Å². The van der Waals surface area contributed by atoms with Crippen LogP contribution in [0.3, 0.4) is 0 Å². The van der Waals surface area contributed by atoms with E-state index in [9.17, 15) is 9.59 Å². The molecule has 3 aromatic rings. The summed E-state index contributed by atoms with van der Waals surface area (Å²) in [6.45, 7) is 8.09. The number of fused-ring (bicyclic) bond motifs is 1. The van der Waals surface area contributed by atoms with Gasteiger partial charge >= 0.3 is 6.16 Å². The molecule has 0 aliphatic carbocycles. The Hall–Kier alpha value is -4.12. The third-order valence-corrected chi connectivity index (χ3v) is 7.04. The van der Waals surface area contributed by atoms with E-state index in [0.717, 1.165) is 61.2 Å². The number of rotatable bonds is 7. The largest absolute Gasteiger partial charge is 0.533 e. The van der Waals surface area contributed by atoms with Gasteiger partial charge in [0.1, 0.15) is 5.60 Å². The maximum absolute atomic E-state index is 12.1. The van der Waals surface area contributed by atoms with Gasteiger partial charge in [-0.25, -0.2) is 19.4 Å². The van der Waals surface area contributed by atoms with E-state index in [-0.39, 0.29) is 5.91 Å². The molecule has 11 nitrogen and oxygen atoms in total. The van der Waals surface area contributed by atoms with Gasteiger partial charge in [-0.05, 0) is 101 Å². The van der Waals surface area contributed by atoms with Crippen molar-refractivity contribution in [1.29, 1.82) is 0 Å². The van der Waals surface area contributed by atoms with E-state index in [1.807, 2.05) is 35.0 Å². The van der Waals surface area contributed by atoms with Gasteiger partial charge in [-0.1, -0.05) is 12.1 Å². The number of hydrogen-bond acceptors (Lipinski definition) is 9. The first kappa shape index (κ1) is 27.4. The number of nitrogens with two attached hydrogens (primary N) is 1. The molecule has 0 bridgehead atoms. The van der Waals surface area contributed by atoms with E-state index in [2.05, 4.69) is 27.3 Å². The van der Waals surface area contributed by atoms with Crippen molar-refractivity contribution in [2.75, 3.05) is 31.5 Å². The lowest BCUT2D eigenvalue weighted by atomic mass is 9.89. The molecule has 0 spiro atoms. The van der Waals surface area contributed by atoms with Crippen LogP contribution in [-0.2, 0) is 14.4 Å². The van der Waals surface area contributed by atoms with Crippen LogP contribution < -0.4 is 11.1 Å². The second-order valence-electron chi connectivity index (χ2n) is 11.4. The quantitative estimate of drug-likeness (QED) is 0.413. The van der Waals surface area contributed by atoms with Crippen molar-refractivity contribution in [1.82, 2.24) is 24.6 Å². The van der Waals surface area contributed by atoms with Crippen LogP contribution in [0.2, 0.25) is 0 Å². The Labute approximate surface area is 233 Å². The molecule has 1 aromatic carbocycles. The van der Waals surface area contributed by atoms with Gasteiger partial charge in [-0.15, -0.1) is 5.10 Å². The summed E-state index contributed by atoms with van der Waals surface area (Å²) in [7, 11) is 0. The van der Waals surface area contributed by atoms with Gasteiger partial charge in [0.15, 0.2) is 0 Å². The summed E-state index contributed by atoms with van der Waals surface area (Å²) in [5.41, 5.74) is 9.68. The highest BCUT2D eigenvalue weighted by Crippen LogP contribution is 2.30. The normalized spacial score (nSPS) is 17.0. The average molecular weight is 548 g/mol. The Kier molecular flexibility index (Phi) is 7.92. The number of allylic oxidation sites excluding steroid dienone is 1. The lowest BCUT2D eigenvalue weighted by Gasteiger charge is -2.31. The lowest BCUT2D eigenvalue weighted by molar-refractivity contribution is -0.119. The summed E-state index contributed by atoms with van der Waals surface area (Å²) in [6.07, 6.45) is 6.56. The highest BCUT2D eigenvalue weighted by atomic mass is 16.8. The van der Waals surface area contributed by atoms with Crippen molar-refractivity contribution in [3.8, 4) is 0 Å². The van der Waals surface area contributed by atoms with E-state index in [4.69, 9.17) is 20.4 Å². The average Bonchev–Trinajstić information content (AvgIpc) is 3.32. The number of aromatic nitrogens is 3. The molecule has 1 amide bonds. The Balaban J connectivity index is 1.25. The van der Waals surface area contributed by atoms with Crippen molar-refractivity contribution < 1.29 is 19.2 Å². The molecule has 5 rings (SSSR count). The SMILES string of the molecule is CC(C)(C)OC(=O)ON1C=C(c2ccc3cnc(Nc4ccc(C5CCN(CC(N)=O)CC5)cc4)nn23)CCC1. The van der Waals surface area contributed by atoms with Gasteiger partial charge in [-0.3, -0.25) is 9.69 Å². The van der Waals surface area contributed by atoms with Crippen LogP contribution in [0.5, 0.6) is 0 Å². The lowest BCUT2D eigenvalue weighted by Crippen LogP contribution is -2.39. The predicted molar refractivity (Wildman–Crippen MR) is 152 cm³/mol. The molecule has 3 N–H and O–H groups in total. The molecule has 40 heavy (non-hydrogen) atoms. The topological polar surface area (TPSA) is 127 Å². The number of hydrogen-bond donors (Lipinski definition) is 2. The third-order valence-electron chi connectivity index (χ3n) is 7.04. The van der Waals surface area contributed by atoms with Crippen molar-refractivity contribution >= 4 is 34.8 Å². The first-order chi connectivity index (χ1) is 19.1. The number of anilines is 2. The highest BCUT2D eigenvalue weighted by Gasteiger charge is 2.23. The molecule has 1 saturated heterocycles. The summed E-state index contributed by atoms with van der Waals surface area (Å²) in [6, 6.07) is 12.3. The minimum Gasteiger partial charge on any atom is -0.427 e. The summed E-state index contributed by atoms with van der Waals surface area (Å²) >= 11 is 0. The zero-order valence-corrected chi connectivity index (χ0v) is 23.3. The zero-order valence-electron chi connectivity index (χ0n) is 23.3. The Bertz CT molecular complexity index is 1390. The van der Waals surface area contributed by atoms with E-state index in [1.165, 1.54) is 10.6 Å². The number of benzene rings is 1. The minimum atomic E-state index is -0.724. The van der Waals surface area contributed by atoms with E-state index < -0.39 is 11.8 Å². The summed E-state index contributed by atoms with van der Waals surface area (Å²) in [5, 5.41) is 9.58. The molecule has 0 radical (unpaired) electrons. The number of ether oxygens (including phenoxy) is 1. The Morgan fingerprint density at radius 1 is 1.07 bits per heavy atom. The fourth-order valence-electron chi connectivity index (χ4n) is 5.17. The number of primary amides is 1. The summed E-state index contributed by atoms with van der Waals surface area (Å²) < 4.78 is 7.14. The number of piperidine rings is 1. The first-order valence-electron chi connectivity index (χ1n) is 13.7. The summed E-state index contributed by atoms with van der Waals surface area (Å²) in [5.74, 6) is 0.678. The molecular weight excluding hydrogens is 510 g/mol. The number of hydroxylamine groups is 2. The van der Waals surface area contributed by atoms with Crippen molar-refractivity contribution in [2.45, 2.75) is 58.0 Å². The van der Waals surface area contributed by atoms with E-state index in [1.54, 1.807) is 27.0 Å². The van der Waals surface area contributed by atoms with Gasteiger partial charge in [-0.2, -0.15) is 0 Å². The van der Waals surface area contributed by atoms with Crippen LogP contribution in [-0.4, -0.2) is 68.4 Å². The second kappa shape index (κ2) is 11.5. The van der Waals surface area contributed by atoms with E-state index >= 15 is 0 Å². The van der Waals surface area contributed by atoms with Gasteiger partial charge in [0.05, 0.1) is 30.5 Å². The smallest absolute Gasteiger partial charge is 0.427 e. The van der Waals surface area contributed by atoms with Gasteiger partial charge < -0.3 is 20.6 Å². The number of nitrogens with one attached hydrogen (secondary N) is 1. The van der Waals surface area contributed by atoms with Crippen molar-refractivity contribution in [3.63, 3.8) is 0 Å². The molecule has 0 saturated carbocycles. The standard InChI is InChI=1S/C29H37N7O4/c1-29(2,3)39-28(38)40-35-14-4-5-22(18-35)25-11-10-24-17-31-27(33-36(24)25)32-23-8-6-20(7-9-23)21-12-15-34(16-13-21)19-26(30)37/h6-11,17-18,21H,4-5,12-16,19H2,1-3H3,(H2,30,37)(H,32,33). The van der Waals surface area contributed by atoms with Crippen LogP contribution in [0.1, 0.15) is 63.6 Å². The Morgan fingerprint density at radius 3 is 2.52 bits per heavy atom. The number of likely N-dealkylation sites (tertiary alicyclic amines) is 1. The number of carbonyl (C=O) groups excluding carboxylic acids is 2. The predicted octanol–water partition coefficient (Wildman–Crippen LogP) is 4.44. The second-order valence-corrected chi connectivity index (χ2v) is 11.4. The molecule has 212 valence electrons. The zero-order chi connectivity index (χ0) is 28.3. The molecule has 1 fully saturated rings. The number of amides is 1. The van der Waals surface area contributed by atoms with Crippen LogP contribution in [0.25, 0.3) is 11.1 Å². The Morgan fingerprint density at radius 2 is 1.82 bits per heavy atom. The van der Waals surface area contributed by atoms with Gasteiger partial charge in [0.2, 0.25) is 11.9 Å². The molecule has 11 heteroatoms. The maximum atomic E-state index is 12.1. The summed E-state index contributed by atoms with van der Waals surface area (Å²) in [4.78, 5) is 35.3. The molecule has 0 atom stereocenters. The maximum Gasteiger partial charge on any atom is 0.533 e. The molecular formula is C29H37N7O4. The molecule has 0 unspecified atom stereocenters. The monoisotopic (exact) mass is 547 g/mol. The van der Waals surface area contributed by atoms with Crippen LogP contribution in [0.15, 0.2) is 48.8 Å². The molecule has 4 heterocycles.